The topological polar surface area (TPSA) is 26.0 Å². The van der Waals surface area contributed by atoms with Crippen molar-refractivity contribution in [3.05, 3.63) is 35.9 Å². The molecule has 1 heteroatoms. The van der Waals surface area contributed by atoms with Crippen LogP contribution in [0.4, 0.5) is 0 Å². The Kier molecular flexibility index (Phi) is 1.89. The van der Waals surface area contributed by atoms with Crippen molar-refractivity contribution in [2.75, 3.05) is 0 Å². The van der Waals surface area contributed by atoms with Gasteiger partial charge in [-0.15, -0.1) is 0 Å². The second-order valence-electron chi connectivity index (χ2n) is 3.78. The third kappa shape index (κ3) is 1.14. The van der Waals surface area contributed by atoms with Crippen LogP contribution in [0.2, 0.25) is 0 Å². The second kappa shape index (κ2) is 2.91. The third-order valence-corrected chi connectivity index (χ3v) is 3.06. The molecular formula is C11H15N. The van der Waals surface area contributed by atoms with Crippen LogP contribution in [0.15, 0.2) is 30.3 Å². The maximum Gasteiger partial charge on any atom is 0.00763 e. The summed E-state index contributed by atoms with van der Waals surface area (Å²) in [7, 11) is 0. The molecular weight excluding hydrogens is 146 g/mol. The van der Waals surface area contributed by atoms with Gasteiger partial charge in [0.05, 0.1) is 0 Å². The van der Waals surface area contributed by atoms with Gasteiger partial charge in [0.25, 0.3) is 0 Å². The molecule has 0 bridgehead atoms. The van der Waals surface area contributed by atoms with E-state index >= 15 is 0 Å². The molecule has 1 fully saturated rings. The van der Waals surface area contributed by atoms with Crippen LogP contribution in [-0.2, 0) is 0 Å². The smallest absolute Gasteiger partial charge is 0.00763 e. The van der Waals surface area contributed by atoms with E-state index in [0.717, 1.165) is 6.42 Å². The average Bonchev–Trinajstić information content (AvgIpc) is 2.15. The van der Waals surface area contributed by atoms with Gasteiger partial charge in [-0.05, 0) is 23.8 Å². The lowest BCUT2D eigenvalue weighted by molar-refractivity contribution is 0.226. The highest BCUT2D eigenvalue weighted by Crippen LogP contribution is 2.40. The van der Waals surface area contributed by atoms with Gasteiger partial charge >= 0.3 is 0 Å². The zero-order valence-corrected chi connectivity index (χ0v) is 7.40. The van der Waals surface area contributed by atoms with Crippen LogP contribution in [0.1, 0.15) is 24.8 Å². The predicted octanol–water partition coefficient (Wildman–Crippen LogP) is 2.14. The van der Waals surface area contributed by atoms with E-state index < -0.39 is 0 Å². The van der Waals surface area contributed by atoms with E-state index in [4.69, 9.17) is 5.73 Å². The van der Waals surface area contributed by atoms with Crippen LogP contribution in [0.5, 0.6) is 0 Å². The SMILES string of the molecule is C[C@@H]1[C@@H](N)C[C@H]1c1ccccc1. The van der Waals surface area contributed by atoms with Crippen molar-refractivity contribution in [1.29, 1.82) is 0 Å². The molecule has 2 rings (SSSR count). The number of rotatable bonds is 1. The minimum absolute atomic E-state index is 0.426. The summed E-state index contributed by atoms with van der Waals surface area (Å²) < 4.78 is 0. The Morgan fingerprint density at radius 3 is 2.42 bits per heavy atom. The number of hydrogen-bond donors (Lipinski definition) is 1. The third-order valence-electron chi connectivity index (χ3n) is 3.06. The Hall–Kier alpha value is -0.820. The van der Waals surface area contributed by atoms with Crippen LogP contribution < -0.4 is 5.73 Å². The fraction of sp³-hybridized carbons (Fsp3) is 0.455. The minimum atomic E-state index is 0.426. The highest BCUT2D eigenvalue weighted by Gasteiger charge is 2.35. The molecule has 0 aromatic heterocycles. The molecule has 0 saturated heterocycles. The van der Waals surface area contributed by atoms with Crippen LogP contribution in [0, 0.1) is 5.92 Å². The summed E-state index contributed by atoms with van der Waals surface area (Å²) in [4.78, 5) is 0. The highest BCUT2D eigenvalue weighted by atomic mass is 14.7. The normalized spacial score (nSPS) is 34.3. The summed E-state index contributed by atoms with van der Waals surface area (Å²) in [6.07, 6.45) is 1.16. The van der Waals surface area contributed by atoms with E-state index in [0.29, 0.717) is 17.9 Å². The lowest BCUT2D eigenvalue weighted by atomic mass is 9.67. The van der Waals surface area contributed by atoms with Gasteiger partial charge in [-0.3, -0.25) is 0 Å². The average molecular weight is 161 g/mol. The monoisotopic (exact) mass is 161 g/mol. The van der Waals surface area contributed by atoms with Gasteiger partial charge in [0.15, 0.2) is 0 Å². The van der Waals surface area contributed by atoms with Gasteiger partial charge in [0.2, 0.25) is 0 Å². The predicted molar refractivity (Wildman–Crippen MR) is 50.9 cm³/mol. The Morgan fingerprint density at radius 2 is 1.92 bits per heavy atom. The lowest BCUT2D eigenvalue weighted by Gasteiger charge is -2.40. The zero-order chi connectivity index (χ0) is 8.55. The number of hydrogen-bond acceptors (Lipinski definition) is 1. The molecule has 0 heterocycles. The molecule has 0 amide bonds. The van der Waals surface area contributed by atoms with E-state index in [-0.39, 0.29) is 0 Å². The van der Waals surface area contributed by atoms with Crippen molar-refractivity contribution < 1.29 is 0 Å². The van der Waals surface area contributed by atoms with Crippen LogP contribution in [0.25, 0.3) is 0 Å². The van der Waals surface area contributed by atoms with Crippen molar-refractivity contribution in [1.82, 2.24) is 0 Å². The van der Waals surface area contributed by atoms with Gasteiger partial charge < -0.3 is 5.73 Å². The Labute approximate surface area is 73.6 Å². The Morgan fingerprint density at radius 1 is 1.25 bits per heavy atom. The summed E-state index contributed by atoms with van der Waals surface area (Å²) in [5.41, 5.74) is 7.30. The molecule has 1 aliphatic carbocycles. The molecule has 12 heavy (non-hydrogen) atoms. The Balaban J connectivity index is 2.13. The van der Waals surface area contributed by atoms with Gasteiger partial charge in [-0.2, -0.15) is 0 Å². The minimum Gasteiger partial charge on any atom is -0.327 e. The second-order valence-corrected chi connectivity index (χ2v) is 3.78. The summed E-state index contributed by atoms with van der Waals surface area (Å²) in [5, 5.41) is 0. The van der Waals surface area contributed by atoms with Crippen molar-refractivity contribution in [2.45, 2.75) is 25.3 Å². The maximum absolute atomic E-state index is 5.85. The number of benzene rings is 1. The lowest BCUT2D eigenvalue weighted by Crippen LogP contribution is -2.44. The fourth-order valence-corrected chi connectivity index (χ4v) is 1.96. The van der Waals surface area contributed by atoms with Crippen molar-refractivity contribution in [3.8, 4) is 0 Å². The number of nitrogens with two attached hydrogens (primary N) is 1. The van der Waals surface area contributed by atoms with Crippen LogP contribution in [-0.4, -0.2) is 6.04 Å². The quantitative estimate of drug-likeness (QED) is 0.671. The van der Waals surface area contributed by atoms with Gasteiger partial charge in [0.1, 0.15) is 0 Å². The van der Waals surface area contributed by atoms with E-state index in [1.54, 1.807) is 0 Å². The summed E-state index contributed by atoms with van der Waals surface area (Å²) in [6, 6.07) is 11.1. The summed E-state index contributed by atoms with van der Waals surface area (Å²) in [6.45, 7) is 2.24. The summed E-state index contributed by atoms with van der Waals surface area (Å²) >= 11 is 0. The molecule has 0 spiro atoms. The summed E-state index contributed by atoms with van der Waals surface area (Å²) in [5.74, 6) is 1.37. The molecule has 1 nitrogen and oxygen atoms in total. The van der Waals surface area contributed by atoms with E-state index in [9.17, 15) is 0 Å². The molecule has 1 aromatic rings. The highest BCUT2D eigenvalue weighted by molar-refractivity contribution is 5.23. The first-order valence-electron chi connectivity index (χ1n) is 4.59. The maximum atomic E-state index is 5.85. The van der Waals surface area contributed by atoms with Gasteiger partial charge in [-0.1, -0.05) is 37.3 Å². The van der Waals surface area contributed by atoms with Gasteiger partial charge in [-0.25, -0.2) is 0 Å². The fourth-order valence-electron chi connectivity index (χ4n) is 1.96. The zero-order valence-electron chi connectivity index (χ0n) is 7.40. The van der Waals surface area contributed by atoms with Crippen molar-refractivity contribution in [3.63, 3.8) is 0 Å². The standard InChI is InChI=1S/C11H15N/c1-8-10(7-11(8)12)9-5-3-2-4-6-9/h2-6,8,10-11H,7,12H2,1H3/t8-,10+,11-/m0/s1. The van der Waals surface area contributed by atoms with Crippen LogP contribution >= 0.6 is 0 Å². The van der Waals surface area contributed by atoms with Crippen molar-refractivity contribution in [2.24, 2.45) is 11.7 Å². The first-order valence-corrected chi connectivity index (χ1v) is 4.59. The Bertz CT molecular complexity index is 255. The van der Waals surface area contributed by atoms with Gasteiger partial charge in [0, 0.05) is 6.04 Å². The molecule has 0 aliphatic heterocycles. The molecule has 1 aromatic carbocycles. The van der Waals surface area contributed by atoms with E-state index in [1.165, 1.54) is 5.56 Å². The molecule has 3 atom stereocenters. The molecule has 64 valence electrons. The van der Waals surface area contributed by atoms with E-state index in [2.05, 4.69) is 37.3 Å². The molecule has 1 saturated carbocycles. The molecule has 0 unspecified atom stereocenters. The largest absolute Gasteiger partial charge is 0.327 e. The first kappa shape index (κ1) is 7.81. The van der Waals surface area contributed by atoms with Crippen LogP contribution in [0.3, 0.4) is 0 Å². The molecule has 1 aliphatic rings. The van der Waals surface area contributed by atoms with Crippen molar-refractivity contribution >= 4 is 0 Å². The first-order chi connectivity index (χ1) is 5.79. The van der Waals surface area contributed by atoms with E-state index in [1.807, 2.05) is 0 Å². The molecule has 2 N–H and O–H groups in total. The molecule has 0 radical (unpaired) electrons.